The van der Waals surface area contributed by atoms with Crippen molar-refractivity contribution in [2.24, 2.45) is 0 Å². The molecule has 1 aromatic carbocycles. The topological polar surface area (TPSA) is 26.3 Å². The molecule has 0 aromatic heterocycles. The van der Waals surface area contributed by atoms with Crippen LogP contribution >= 0.6 is 11.6 Å². The lowest BCUT2D eigenvalue weighted by atomic mass is 9.92. The second-order valence-electron chi connectivity index (χ2n) is 4.12. The molecule has 0 fully saturated rings. The standard InChI is InChI=1S/C13H16ClFO2/c1-4-13(2,17-3)12(16)7-9-5-6-10(15)8-11(9)14/h5-6,8H,4,7H2,1-3H3. The molecular formula is C13H16ClFO2. The molecule has 0 saturated carbocycles. The fraction of sp³-hybridized carbons (Fsp3) is 0.462. The number of ketones is 1. The van der Waals surface area contributed by atoms with Crippen molar-refractivity contribution < 1.29 is 13.9 Å². The molecule has 1 aromatic rings. The van der Waals surface area contributed by atoms with Gasteiger partial charge in [-0.05, 0) is 31.0 Å². The van der Waals surface area contributed by atoms with Crippen molar-refractivity contribution in [2.45, 2.75) is 32.3 Å². The van der Waals surface area contributed by atoms with Crippen LogP contribution in [0.1, 0.15) is 25.8 Å². The van der Waals surface area contributed by atoms with Gasteiger partial charge in [0.15, 0.2) is 5.78 Å². The van der Waals surface area contributed by atoms with E-state index in [0.29, 0.717) is 12.0 Å². The molecule has 0 amide bonds. The molecule has 0 spiro atoms. The summed E-state index contributed by atoms with van der Waals surface area (Å²) in [6, 6.07) is 4.03. The summed E-state index contributed by atoms with van der Waals surface area (Å²) in [6.07, 6.45) is 0.735. The molecule has 17 heavy (non-hydrogen) atoms. The third-order valence-electron chi connectivity index (χ3n) is 3.08. The first kappa shape index (κ1) is 14.1. The number of benzene rings is 1. The number of ether oxygens (including phenoxy) is 1. The molecule has 1 rings (SSSR count). The fourth-order valence-electron chi connectivity index (χ4n) is 1.48. The first-order valence-electron chi connectivity index (χ1n) is 5.45. The van der Waals surface area contributed by atoms with Gasteiger partial charge in [-0.15, -0.1) is 0 Å². The zero-order chi connectivity index (χ0) is 13.1. The summed E-state index contributed by atoms with van der Waals surface area (Å²) in [4.78, 5) is 12.1. The van der Waals surface area contributed by atoms with Crippen LogP contribution in [-0.4, -0.2) is 18.5 Å². The Bertz CT molecular complexity index is 414. The zero-order valence-corrected chi connectivity index (χ0v) is 11.0. The van der Waals surface area contributed by atoms with E-state index in [9.17, 15) is 9.18 Å². The van der Waals surface area contributed by atoms with E-state index in [2.05, 4.69) is 0 Å². The minimum absolute atomic E-state index is 0.0593. The predicted molar refractivity (Wildman–Crippen MR) is 65.8 cm³/mol. The van der Waals surface area contributed by atoms with Crippen LogP contribution in [0.4, 0.5) is 4.39 Å². The van der Waals surface area contributed by atoms with Gasteiger partial charge in [-0.25, -0.2) is 4.39 Å². The fourth-order valence-corrected chi connectivity index (χ4v) is 1.71. The van der Waals surface area contributed by atoms with Gasteiger partial charge in [-0.3, -0.25) is 4.79 Å². The zero-order valence-electron chi connectivity index (χ0n) is 10.2. The molecule has 0 aliphatic rings. The van der Waals surface area contributed by atoms with Gasteiger partial charge in [-0.1, -0.05) is 24.6 Å². The minimum atomic E-state index is -0.808. The summed E-state index contributed by atoms with van der Waals surface area (Å²) < 4.78 is 18.1. The number of hydrogen-bond donors (Lipinski definition) is 0. The van der Waals surface area contributed by atoms with E-state index in [1.807, 2.05) is 6.92 Å². The summed E-state index contributed by atoms with van der Waals surface area (Å²) in [5, 5.41) is 0.271. The number of halogens is 2. The van der Waals surface area contributed by atoms with Gasteiger partial charge >= 0.3 is 0 Å². The Kier molecular flexibility index (Phi) is 4.66. The molecule has 2 nitrogen and oxygen atoms in total. The predicted octanol–water partition coefficient (Wildman–Crippen LogP) is 3.41. The lowest BCUT2D eigenvalue weighted by molar-refractivity contribution is -0.138. The molecule has 0 aliphatic heterocycles. The Labute approximate surface area is 106 Å². The molecule has 1 atom stereocenters. The smallest absolute Gasteiger partial charge is 0.168 e. The Hall–Kier alpha value is -0.930. The maximum absolute atomic E-state index is 12.9. The highest BCUT2D eigenvalue weighted by Gasteiger charge is 2.30. The Morgan fingerprint density at radius 3 is 2.65 bits per heavy atom. The van der Waals surface area contributed by atoms with Gasteiger partial charge in [0.2, 0.25) is 0 Å². The van der Waals surface area contributed by atoms with Crippen LogP contribution < -0.4 is 0 Å². The molecule has 0 bridgehead atoms. The van der Waals surface area contributed by atoms with Crippen molar-refractivity contribution in [3.63, 3.8) is 0 Å². The highest BCUT2D eigenvalue weighted by molar-refractivity contribution is 6.31. The normalized spacial score (nSPS) is 14.4. The van der Waals surface area contributed by atoms with Crippen molar-refractivity contribution in [1.29, 1.82) is 0 Å². The van der Waals surface area contributed by atoms with E-state index >= 15 is 0 Å². The third kappa shape index (κ3) is 3.27. The maximum atomic E-state index is 12.9. The highest BCUT2D eigenvalue weighted by Crippen LogP contribution is 2.22. The van der Waals surface area contributed by atoms with Crippen LogP contribution in [0.15, 0.2) is 18.2 Å². The maximum Gasteiger partial charge on any atom is 0.168 e. The average molecular weight is 259 g/mol. The SMILES string of the molecule is CCC(C)(OC)C(=O)Cc1ccc(F)cc1Cl. The van der Waals surface area contributed by atoms with Crippen LogP contribution in [0.25, 0.3) is 0 Å². The van der Waals surface area contributed by atoms with Gasteiger partial charge in [0.05, 0.1) is 0 Å². The number of hydrogen-bond acceptors (Lipinski definition) is 2. The van der Waals surface area contributed by atoms with Gasteiger partial charge in [-0.2, -0.15) is 0 Å². The minimum Gasteiger partial charge on any atom is -0.371 e. The first-order chi connectivity index (χ1) is 7.92. The second-order valence-corrected chi connectivity index (χ2v) is 4.53. The Balaban J connectivity index is 2.88. The van der Waals surface area contributed by atoms with Crippen molar-refractivity contribution in [2.75, 3.05) is 7.11 Å². The van der Waals surface area contributed by atoms with Gasteiger partial charge in [0.1, 0.15) is 11.4 Å². The van der Waals surface area contributed by atoms with Crippen molar-refractivity contribution in [3.05, 3.63) is 34.6 Å². The number of carbonyl (C=O) groups excluding carboxylic acids is 1. The second kappa shape index (κ2) is 5.61. The Morgan fingerprint density at radius 1 is 1.53 bits per heavy atom. The molecule has 0 saturated heterocycles. The van der Waals surface area contributed by atoms with Gasteiger partial charge < -0.3 is 4.74 Å². The lowest BCUT2D eigenvalue weighted by Gasteiger charge is -2.25. The number of methoxy groups -OCH3 is 1. The lowest BCUT2D eigenvalue weighted by Crippen LogP contribution is -2.37. The molecule has 4 heteroatoms. The molecule has 0 N–H and O–H groups in total. The molecule has 0 aliphatic carbocycles. The number of Topliss-reactive ketones (excluding diaryl/α,β-unsaturated/α-hetero) is 1. The van der Waals surface area contributed by atoms with E-state index < -0.39 is 11.4 Å². The molecule has 0 heterocycles. The van der Waals surface area contributed by atoms with Crippen molar-refractivity contribution in [3.8, 4) is 0 Å². The van der Waals surface area contributed by atoms with E-state index in [-0.39, 0.29) is 17.2 Å². The summed E-state index contributed by atoms with van der Waals surface area (Å²) in [7, 11) is 1.51. The largest absolute Gasteiger partial charge is 0.371 e. The van der Waals surface area contributed by atoms with Crippen molar-refractivity contribution >= 4 is 17.4 Å². The van der Waals surface area contributed by atoms with E-state index in [4.69, 9.17) is 16.3 Å². The quantitative estimate of drug-likeness (QED) is 0.809. The van der Waals surface area contributed by atoms with Gasteiger partial charge in [0.25, 0.3) is 0 Å². The van der Waals surface area contributed by atoms with Crippen LogP contribution in [0.5, 0.6) is 0 Å². The monoisotopic (exact) mass is 258 g/mol. The third-order valence-corrected chi connectivity index (χ3v) is 3.43. The Morgan fingerprint density at radius 2 is 2.18 bits per heavy atom. The summed E-state index contributed by atoms with van der Waals surface area (Å²) in [6.45, 7) is 3.63. The van der Waals surface area contributed by atoms with Crippen LogP contribution in [0.3, 0.4) is 0 Å². The molecule has 1 unspecified atom stereocenters. The molecule has 0 radical (unpaired) electrons. The van der Waals surface area contributed by atoms with Gasteiger partial charge in [0, 0.05) is 18.6 Å². The number of rotatable bonds is 5. The van der Waals surface area contributed by atoms with Crippen LogP contribution in [-0.2, 0) is 16.0 Å². The summed E-state index contributed by atoms with van der Waals surface area (Å²) in [5.74, 6) is -0.466. The van der Waals surface area contributed by atoms with E-state index in [1.165, 1.54) is 25.3 Å². The average Bonchev–Trinajstić information content (AvgIpc) is 2.31. The highest BCUT2D eigenvalue weighted by atomic mass is 35.5. The molecule has 94 valence electrons. The van der Waals surface area contributed by atoms with E-state index in [0.717, 1.165) is 0 Å². The first-order valence-corrected chi connectivity index (χ1v) is 5.83. The summed E-state index contributed by atoms with van der Waals surface area (Å²) in [5.41, 5.74) is -0.188. The van der Waals surface area contributed by atoms with Crippen molar-refractivity contribution in [1.82, 2.24) is 0 Å². The van der Waals surface area contributed by atoms with E-state index in [1.54, 1.807) is 6.92 Å². The number of carbonyl (C=O) groups is 1. The molecular weight excluding hydrogens is 243 g/mol. The van der Waals surface area contributed by atoms with Crippen LogP contribution in [0.2, 0.25) is 5.02 Å². The summed E-state index contributed by atoms with van der Waals surface area (Å²) >= 11 is 5.88. The van der Waals surface area contributed by atoms with Crippen LogP contribution in [0, 0.1) is 5.82 Å².